The largest absolute Gasteiger partial charge is 0.469 e. The van der Waals surface area contributed by atoms with E-state index in [4.69, 9.17) is 0 Å². The summed E-state index contributed by atoms with van der Waals surface area (Å²) >= 11 is 0. The van der Waals surface area contributed by atoms with Gasteiger partial charge in [0.25, 0.3) is 0 Å². The van der Waals surface area contributed by atoms with Gasteiger partial charge in [0, 0.05) is 6.42 Å². The van der Waals surface area contributed by atoms with Crippen molar-refractivity contribution in [2.24, 2.45) is 11.8 Å². The average molecular weight is 377 g/mol. The molecule has 0 bridgehead atoms. The molecule has 0 aliphatic heterocycles. The molecule has 2 atom stereocenters. The van der Waals surface area contributed by atoms with Crippen molar-refractivity contribution in [3.63, 3.8) is 0 Å². The quantitative estimate of drug-likeness (QED) is 0.200. The first-order valence-corrected chi connectivity index (χ1v) is 10.9. The number of aliphatic hydroxyl groups is 1. The summed E-state index contributed by atoms with van der Waals surface area (Å²) in [5.74, 6) is 1.29. The number of methoxy groups -OCH3 is 1. The second-order valence-corrected chi connectivity index (χ2v) is 7.67. The zero-order valence-corrected chi connectivity index (χ0v) is 17.4. The van der Waals surface area contributed by atoms with Crippen LogP contribution in [0.3, 0.4) is 0 Å². The van der Waals surface area contributed by atoms with Gasteiger partial charge < -0.3 is 9.84 Å². The maximum absolute atomic E-state index is 11.0. The molecule has 1 fully saturated rings. The Labute approximate surface area is 166 Å². The van der Waals surface area contributed by atoms with E-state index in [1.165, 1.54) is 52.1 Å². The molecule has 27 heavy (non-hydrogen) atoms. The molecule has 0 saturated heterocycles. The minimum Gasteiger partial charge on any atom is -0.469 e. The number of allylic oxidation sites excluding steroid dienone is 4. The summed E-state index contributed by atoms with van der Waals surface area (Å²) in [6.45, 7) is 2.24. The number of hydrogen-bond acceptors (Lipinski definition) is 3. The number of esters is 1. The summed E-state index contributed by atoms with van der Waals surface area (Å²) in [6, 6.07) is 0. The summed E-state index contributed by atoms with van der Waals surface area (Å²) < 4.78 is 4.61. The van der Waals surface area contributed by atoms with Gasteiger partial charge in [-0.1, -0.05) is 56.2 Å². The molecule has 0 heterocycles. The Kier molecular flexibility index (Phi) is 13.8. The Hall–Kier alpha value is -1.35. The van der Waals surface area contributed by atoms with E-state index in [9.17, 15) is 9.90 Å². The normalized spacial score (nSPS) is 17.1. The number of carbonyl (C=O) groups is 1. The van der Waals surface area contributed by atoms with Crippen LogP contribution in [0.1, 0.15) is 84.0 Å². The topological polar surface area (TPSA) is 46.5 Å². The Bertz CT molecular complexity index is 460. The zero-order chi connectivity index (χ0) is 19.7. The van der Waals surface area contributed by atoms with Gasteiger partial charge in [0.1, 0.15) is 0 Å². The van der Waals surface area contributed by atoms with E-state index in [1.807, 2.05) is 18.2 Å². The maximum atomic E-state index is 11.0. The predicted octanol–water partition coefficient (Wildman–Crippen LogP) is 6.14. The van der Waals surface area contributed by atoms with E-state index in [0.29, 0.717) is 18.8 Å². The highest BCUT2D eigenvalue weighted by molar-refractivity contribution is 5.69. The molecular weight excluding hydrogens is 336 g/mol. The minimum absolute atomic E-state index is 0.159. The zero-order valence-electron chi connectivity index (χ0n) is 17.4. The molecule has 0 radical (unpaired) electrons. The van der Waals surface area contributed by atoms with Crippen LogP contribution in [0, 0.1) is 11.8 Å². The van der Waals surface area contributed by atoms with Crippen molar-refractivity contribution in [1.29, 1.82) is 0 Å². The van der Waals surface area contributed by atoms with E-state index in [2.05, 4.69) is 29.9 Å². The van der Waals surface area contributed by atoms with Crippen LogP contribution >= 0.6 is 0 Å². The van der Waals surface area contributed by atoms with Crippen LogP contribution in [-0.4, -0.2) is 24.3 Å². The molecule has 1 N–H and O–H groups in total. The number of ether oxygens (including phenoxy) is 1. The van der Waals surface area contributed by atoms with Gasteiger partial charge in [-0.2, -0.15) is 0 Å². The highest BCUT2D eigenvalue weighted by atomic mass is 16.5. The van der Waals surface area contributed by atoms with E-state index < -0.39 is 6.10 Å². The second kappa shape index (κ2) is 15.7. The van der Waals surface area contributed by atoms with Crippen molar-refractivity contribution in [1.82, 2.24) is 0 Å². The van der Waals surface area contributed by atoms with Gasteiger partial charge >= 0.3 is 5.97 Å². The molecule has 0 aromatic heterocycles. The molecule has 1 aliphatic carbocycles. The van der Waals surface area contributed by atoms with Gasteiger partial charge in [-0.3, -0.25) is 4.79 Å². The summed E-state index contributed by atoms with van der Waals surface area (Å²) in [6.07, 6.45) is 25.4. The highest BCUT2D eigenvalue weighted by Crippen LogP contribution is 2.40. The molecule has 1 saturated carbocycles. The van der Waals surface area contributed by atoms with Crippen molar-refractivity contribution in [3.8, 4) is 0 Å². The molecule has 154 valence electrons. The van der Waals surface area contributed by atoms with Gasteiger partial charge in [-0.15, -0.1) is 0 Å². The third kappa shape index (κ3) is 13.5. The molecule has 0 aromatic carbocycles. The predicted molar refractivity (Wildman–Crippen MR) is 114 cm³/mol. The Morgan fingerprint density at radius 1 is 1.04 bits per heavy atom. The molecule has 0 aromatic rings. The van der Waals surface area contributed by atoms with E-state index in [-0.39, 0.29) is 5.97 Å². The summed E-state index contributed by atoms with van der Waals surface area (Å²) in [5.41, 5.74) is 0. The number of aliphatic hydroxyl groups excluding tert-OH is 1. The van der Waals surface area contributed by atoms with Crippen LogP contribution in [-0.2, 0) is 9.53 Å². The van der Waals surface area contributed by atoms with Crippen molar-refractivity contribution in [2.45, 2.75) is 90.1 Å². The number of unbranched alkanes of at least 4 members (excludes halogenated alkanes) is 4. The Balaban J connectivity index is 2.19. The molecule has 3 nitrogen and oxygen atoms in total. The number of carbonyl (C=O) groups excluding carboxylic acids is 1. The molecule has 1 aliphatic rings. The van der Waals surface area contributed by atoms with Gasteiger partial charge in [0.15, 0.2) is 0 Å². The van der Waals surface area contributed by atoms with Crippen LogP contribution < -0.4 is 0 Å². The fourth-order valence-corrected chi connectivity index (χ4v) is 3.22. The van der Waals surface area contributed by atoms with Gasteiger partial charge in [-0.25, -0.2) is 0 Å². The van der Waals surface area contributed by atoms with Crippen LogP contribution in [0.4, 0.5) is 0 Å². The van der Waals surface area contributed by atoms with Crippen LogP contribution in [0.2, 0.25) is 0 Å². The molecule has 0 unspecified atom stereocenters. The fourth-order valence-electron chi connectivity index (χ4n) is 3.22. The standard InChI is InChI=1S/C24H40O3/c1-3-4-5-6-7-8-11-14-21(22-17-18-22)19-20-23(25)15-12-9-10-13-16-24(26)27-2/h7-9,12,19-23,25H,3-6,10-11,13-18H2,1-2H3/t21-,23-/m0/s1. The molecule has 1 rings (SSSR count). The van der Waals surface area contributed by atoms with Crippen LogP contribution in [0.25, 0.3) is 0 Å². The van der Waals surface area contributed by atoms with Gasteiger partial charge in [0.05, 0.1) is 13.2 Å². The fraction of sp³-hybridized carbons (Fsp3) is 0.708. The van der Waals surface area contributed by atoms with Crippen LogP contribution in [0.15, 0.2) is 36.5 Å². The van der Waals surface area contributed by atoms with Crippen molar-refractivity contribution in [2.75, 3.05) is 7.11 Å². The Morgan fingerprint density at radius 3 is 2.44 bits per heavy atom. The summed E-state index contributed by atoms with van der Waals surface area (Å²) in [5, 5.41) is 10.1. The van der Waals surface area contributed by atoms with E-state index >= 15 is 0 Å². The summed E-state index contributed by atoms with van der Waals surface area (Å²) in [7, 11) is 1.42. The Morgan fingerprint density at radius 2 is 1.74 bits per heavy atom. The van der Waals surface area contributed by atoms with Crippen molar-refractivity contribution < 1.29 is 14.6 Å². The molecule has 3 heteroatoms. The third-order valence-electron chi connectivity index (χ3n) is 5.14. The van der Waals surface area contributed by atoms with Gasteiger partial charge in [0.2, 0.25) is 0 Å². The lowest BCUT2D eigenvalue weighted by Crippen LogP contribution is -2.04. The van der Waals surface area contributed by atoms with Crippen molar-refractivity contribution in [3.05, 3.63) is 36.5 Å². The maximum Gasteiger partial charge on any atom is 0.305 e. The lowest BCUT2D eigenvalue weighted by Gasteiger charge is -2.11. The third-order valence-corrected chi connectivity index (χ3v) is 5.14. The monoisotopic (exact) mass is 376 g/mol. The lowest BCUT2D eigenvalue weighted by atomic mass is 9.96. The van der Waals surface area contributed by atoms with E-state index in [1.54, 1.807) is 0 Å². The number of rotatable bonds is 16. The first kappa shape index (κ1) is 23.7. The summed E-state index contributed by atoms with van der Waals surface area (Å²) in [4.78, 5) is 11.0. The van der Waals surface area contributed by atoms with E-state index in [0.717, 1.165) is 25.2 Å². The highest BCUT2D eigenvalue weighted by Gasteiger charge is 2.28. The second-order valence-electron chi connectivity index (χ2n) is 7.67. The minimum atomic E-state index is -0.410. The average Bonchev–Trinajstić information content (AvgIpc) is 3.51. The molecular formula is C24H40O3. The smallest absolute Gasteiger partial charge is 0.305 e. The van der Waals surface area contributed by atoms with Crippen molar-refractivity contribution >= 4 is 5.97 Å². The first-order chi connectivity index (χ1) is 13.2. The van der Waals surface area contributed by atoms with Gasteiger partial charge in [-0.05, 0) is 69.6 Å². The molecule has 0 spiro atoms. The van der Waals surface area contributed by atoms with Crippen LogP contribution in [0.5, 0.6) is 0 Å². The number of hydrogen-bond donors (Lipinski definition) is 1. The molecule has 0 amide bonds. The SMILES string of the molecule is CCCCCC=CCC[C@@H](C=C[C@@H](O)CC=CCCCC(=O)OC)C1CC1. The lowest BCUT2D eigenvalue weighted by molar-refractivity contribution is -0.140. The first-order valence-electron chi connectivity index (χ1n) is 10.9.